The standard InChI is InChI=1S/C31H38ClN3O5S/c1-5-7-19-33-31(37)28(6-2)34(21-24-14-12-11-13-23(24)3)30(36)22-35(25-17-18-29(40-4)27(32)20-25)41(38,39)26-15-9-8-10-16-26/h8-18,20,28H,5-7,19,21-22H2,1-4H3,(H,33,37). The van der Waals surface area contributed by atoms with Gasteiger partial charge in [0.05, 0.1) is 22.7 Å². The van der Waals surface area contributed by atoms with Gasteiger partial charge < -0.3 is 15.0 Å². The number of sulfonamides is 1. The first kappa shape index (κ1) is 32.0. The number of rotatable bonds is 14. The van der Waals surface area contributed by atoms with Crippen LogP contribution >= 0.6 is 11.6 Å². The van der Waals surface area contributed by atoms with Gasteiger partial charge in [-0.15, -0.1) is 0 Å². The van der Waals surface area contributed by atoms with Crippen LogP contribution in [0.1, 0.15) is 44.2 Å². The molecule has 1 atom stereocenters. The minimum Gasteiger partial charge on any atom is -0.495 e. The normalized spacial score (nSPS) is 11.9. The third-order valence-corrected chi connectivity index (χ3v) is 8.93. The molecule has 0 aliphatic rings. The second-order valence-corrected chi connectivity index (χ2v) is 11.9. The highest BCUT2D eigenvalue weighted by Gasteiger charge is 2.34. The first-order valence-corrected chi connectivity index (χ1v) is 15.5. The smallest absolute Gasteiger partial charge is 0.264 e. The number of hydrogen-bond donors (Lipinski definition) is 1. The highest BCUT2D eigenvalue weighted by Crippen LogP contribution is 2.32. The molecule has 8 nitrogen and oxygen atoms in total. The van der Waals surface area contributed by atoms with E-state index in [1.54, 1.807) is 30.3 Å². The zero-order chi connectivity index (χ0) is 30.0. The van der Waals surface area contributed by atoms with Gasteiger partial charge in [-0.25, -0.2) is 8.42 Å². The lowest BCUT2D eigenvalue weighted by molar-refractivity contribution is -0.140. The molecule has 220 valence electrons. The summed E-state index contributed by atoms with van der Waals surface area (Å²) in [5.74, 6) is -0.417. The summed E-state index contributed by atoms with van der Waals surface area (Å²) in [5.41, 5.74) is 2.03. The Hall–Kier alpha value is -3.56. The Kier molecular flexibility index (Phi) is 11.6. The van der Waals surface area contributed by atoms with E-state index in [2.05, 4.69) is 5.32 Å². The number of ether oxygens (including phenoxy) is 1. The van der Waals surface area contributed by atoms with Crippen molar-refractivity contribution in [3.8, 4) is 5.75 Å². The van der Waals surface area contributed by atoms with Crippen LogP contribution in [0.4, 0.5) is 5.69 Å². The number of methoxy groups -OCH3 is 1. The maximum absolute atomic E-state index is 14.1. The van der Waals surface area contributed by atoms with Crippen molar-refractivity contribution in [1.82, 2.24) is 10.2 Å². The summed E-state index contributed by atoms with van der Waals surface area (Å²) >= 11 is 6.37. The summed E-state index contributed by atoms with van der Waals surface area (Å²) < 4.78 is 34.1. The maximum Gasteiger partial charge on any atom is 0.264 e. The van der Waals surface area contributed by atoms with Gasteiger partial charge in [-0.05, 0) is 61.2 Å². The van der Waals surface area contributed by atoms with E-state index in [1.165, 1.54) is 30.2 Å². The molecule has 3 aromatic rings. The number of hydrogen-bond acceptors (Lipinski definition) is 5. The largest absolute Gasteiger partial charge is 0.495 e. The Balaban J connectivity index is 2.07. The van der Waals surface area contributed by atoms with Crippen molar-refractivity contribution < 1.29 is 22.7 Å². The number of halogens is 1. The summed E-state index contributed by atoms with van der Waals surface area (Å²) in [7, 11) is -2.72. The second kappa shape index (κ2) is 14.9. The Morgan fingerprint density at radius 2 is 1.68 bits per heavy atom. The van der Waals surface area contributed by atoms with Crippen LogP contribution in [0.15, 0.2) is 77.7 Å². The van der Waals surface area contributed by atoms with Gasteiger partial charge in [-0.3, -0.25) is 13.9 Å². The average Bonchev–Trinajstić information content (AvgIpc) is 2.97. The second-order valence-electron chi connectivity index (χ2n) is 9.66. The predicted octanol–water partition coefficient (Wildman–Crippen LogP) is 5.58. The number of nitrogens with one attached hydrogen (secondary N) is 1. The Bertz CT molecular complexity index is 1430. The molecule has 0 saturated carbocycles. The van der Waals surface area contributed by atoms with E-state index in [0.717, 1.165) is 28.3 Å². The minimum atomic E-state index is -4.18. The number of anilines is 1. The van der Waals surface area contributed by atoms with Gasteiger partial charge in [0.15, 0.2) is 0 Å². The first-order valence-electron chi connectivity index (χ1n) is 13.7. The molecule has 0 saturated heterocycles. The van der Waals surface area contributed by atoms with Gasteiger partial charge in [0.25, 0.3) is 10.0 Å². The zero-order valence-electron chi connectivity index (χ0n) is 24.0. The van der Waals surface area contributed by atoms with Crippen molar-refractivity contribution in [3.63, 3.8) is 0 Å². The number of benzene rings is 3. The van der Waals surface area contributed by atoms with Crippen molar-refractivity contribution in [3.05, 3.63) is 88.9 Å². The van der Waals surface area contributed by atoms with Crippen LogP contribution in [0.25, 0.3) is 0 Å². The van der Waals surface area contributed by atoms with Crippen molar-refractivity contribution in [2.24, 2.45) is 0 Å². The van der Waals surface area contributed by atoms with Gasteiger partial charge in [0.1, 0.15) is 18.3 Å². The van der Waals surface area contributed by atoms with Gasteiger partial charge in [0, 0.05) is 13.1 Å². The fraction of sp³-hybridized carbons (Fsp3) is 0.355. The summed E-state index contributed by atoms with van der Waals surface area (Å²) in [6.45, 7) is 5.91. The molecule has 0 aliphatic carbocycles. The molecule has 2 amide bonds. The number of amides is 2. The van der Waals surface area contributed by atoms with Crippen LogP contribution in [0, 0.1) is 6.92 Å². The molecule has 0 aliphatic heterocycles. The predicted molar refractivity (Wildman–Crippen MR) is 163 cm³/mol. The summed E-state index contributed by atoms with van der Waals surface area (Å²) in [5, 5.41) is 3.13. The quantitative estimate of drug-likeness (QED) is 0.244. The van der Waals surface area contributed by atoms with Gasteiger partial charge in [0.2, 0.25) is 11.8 Å². The number of carbonyl (C=O) groups is 2. The van der Waals surface area contributed by atoms with Crippen molar-refractivity contribution in [2.45, 2.75) is 57.5 Å². The van der Waals surface area contributed by atoms with E-state index in [1.807, 2.05) is 45.0 Å². The summed E-state index contributed by atoms with van der Waals surface area (Å²) in [6.07, 6.45) is 2.09. The number of nitrogens with zero attached hydrogens (tertiary/aromatic N) is 2. The van der Waals surface area contributed by atoms with Crippen LogP contribution in [0.2, 0.25) is 5.02 Å². The fourth-order valence-electron chi connectivity index (χ4n) is 4.46. The molecule has 10 heteroatoms. The molecule has 0 aromatic heterocycles. The molecule has 1 unspecified atom stereocenters. The molecular weight excluding hydrogens is 562 g/mol. The Labute approximate surface area is 248 Å². The third-order valence-electron chi connectivity index (χ3n) is 6.85. The van der Waals surface area contributed by atoms with Crippen molar-refractivity contribution >= 4 is 39.1 Å². The van der Waals surface area contributed by atoms with Gasteiger partial charge in [-0.1, -0.05) is 74.3 Å². The van der Waals surface area contributed by atoms with E-state index in [-0.39, 0.29) is 28.1 Å². The van der Waals surface area contributed by atoms with Gasteiger partial charge in [-0.2, -0.15) is 0 Å². The van der Waals surface area contributed by atoms with E-state index in [4.69, 9.17) is 16.3 Å². The SMILES string of the molecule is CCCCNC(=O)C(CC)N(Cc1ccccc1C)C(=O)CN(c1ccc(OC)c(Cl)c1)S(=O)(=O)c1ccccc1. The average molecular weight is 600 g/mol. The highest BCUT2D eigenvalue weighted by atomic mass is 35.5. The zero-order valence-corrected chi connectivity index (χ0v) is 25.5. The van der Waals surface area contributed by atoms with Gasteiger partial charge >= 0.3 is 0 Å². The molecule has 0 bridgehead atoms. The van der Waals surface area contributed by atoms with Crippen molar-refractivity contribution in [1.29, 1.82) is 0 Å². The molecule has 0 heterocycles. The van der Waals surface area contributed by atoms with E-state index < -0.39 is 28.5 Å². The minimum absolute atomic E-state index is 0.0227. The van der Waals surface area contributed by atoms with E-state index >= 15 is 0 Å². The monoisotopic (exact) mass is 599 g/mol. The fourth-order valence-corrected chi connectivity index (χ4v) is 6.13. The van der Waals surface area contributed by atoms with Crippen LogP contribution in [0.3, 0.4) is 0 Å². The van der Waals surface area contributed by atoms with Crippen LogP contribution in [-0.2, 0) is 26.2 Å². The molecule has 0 spiro atoms. The number of aryl methyl sites for hydroxylation is 1. The van der Waals surface area contributed by atoms with E-state index in [0.29, 0.717) is 18.7 Å². The van der Waals surface area contributed by atoms with E-state index in [9.17, 15) is 18.0 Å². The molecule has 1 N–H and O–H groups in total. The summed E-state index contributed by atoms with van der Waals surface area (Å²) in [6, 6.07) is 19.3. The number of carbonyl (C=O) groups excluding carboxylic acids is 2. The molecule has 3 rings (SSSR count). The summed E-state index contributed by atoms with van der Waals surface area (Å²) in [4.78, 5) is 28.9. The third kappa shape index (κ3) is 8.01. The Morgan fingerprint density at radius 1 is 1.00 bits per heavy atom. The first-order chi connectivity index (χ1) is 19.6. The molecule has 41 heavy (non-hydrogen) atoms. The van der Waals surface area contributed by atoms with Crippen LogP contribution < -0.4 is 14.4 Å². The highest BCUT2D eigenvalue weighted by molar-refractivity contribution is 7.92. The lowest BCUT2D eigenvalue weighted by Gasteiger charge is -2.33. The topological polar surface area (TPSA) is 96.0 Å². The molecular formula is C31H38ClN3O5S. The van der Waals surface area contributed by atoms with Crippen LogP contribution in [-0.4, -0.2) is 51.4 Å². The van der Waals surface area contributed by atoms with Crippen LogP contribution in [0.5, 0.6) is 5.75 Å². The number of unbranched alkanes of at least 4 members (excludes halogenated alkanes) is 1. The molecule has 3 aromatic carbocycles. The Morgan fingerprint density at radius 3 is 2.29 bits per heavy atom. The lowest BCUT2D eigenvalue weighted by Crippen LogP contribution is -2.52. The van der Waals surface area contributed by atoms with Crippen molar-refractivity contribution in [2.75, 3.05) is 24.5 Å². The lowest BCUT2D eigenvalue weighted by atomic mass is 10.1. The maximum atomic E-state index is 14.1. The molecule has 0 radical (unpaired) electrons. The molecule has 0 fully saturated rings.